The molecule has 2 aliphatic rings. The van der Waals surface area contributed by atoms with E-state index in [0.29, 0.717) is 17.1 Å². The normalized spacial score (nSPS) is 20.9. The van der Waals surface area contributed by atoms with Crippen LogP contribution in [0.25, 0.3) is 0 Å². The van der Waals surface area contributed by atoms with Gasteiger partial charge in [-0.3, -0.25) is 0 Å². The Morgan fingerprint density at radius 3 is 2.71 bits per heavy atom. The van der Waals surface area contributed by atoms with Gasteiger partial charge in [0.2, 0.25) is 6.79 Å². The number of ether oxygens (including phenoxy) is 2. The summed E-state index contributed by atoms with van der Waals surface area (Å²) in [6, 6.07) is 1.45. The average molecular weight is 258 g/mol. The van der Waals surface area contributed by atoms with E-state index in [2.05, 4.69) is 0 Å². The Morgan fingerprint density at radius 2 is 2.00 bits per heavy atom. The van der Waals surface area contributed by atoms with Crippen LogP contribution in [0.2, 0.25) is 5.02 Å². The molecule has 1 aliphatic heterocycles. The third-order valence-corrected chi connectivity index (χ3v) is 3.82. The lowest BCUT2D eigenvalue weighted by Gasteiger charge is -2.26. The predicted molar refractivity (Wildman–Crippen MR) is 61.9 cm³/mol. The SMILES string of the molecule is NC1(c2c(F)c(Cl)cc3c2OCO3)CCCC1. The van der Waals surface area contributed by atoms with Crippen LogP contribution < -0.4 is 15.2 Å². The minimum atomic E-state index is -0.674. The van der Waals surface area contributed by atoms with E-state index in [-0.39, 0.29) is 11.8 Å². The summed E-state index contributed by atoms with van der Waals surface area (Å²) in [7, 11) is 0. The second-order valence-corrected chi connectivity index (χ2v) is 5.05. The number of fused-ring (bicyclic) bond motifs is 1. The van der Waals surface area contributed by atoms with Gasteiger partial charge in [0.25, 0.3) is 0 Å². The Kier molecular flexibility index (Phi) is 2.45. The fourth-order valence-electron chi connectivity index (χ4n) is 2.69. The van der Waals surface area contributed by atoms with Crippen molar-refractivity contribution in [3.8, 4) is 11.5 Å². The van der Waals surface area contributed by atoms with Gasteiger partial charge in [-0.1, -0.05) is 24.4 Å². The lowest BCUT2D eigenvalue weighted by atomic mass is 9.88. The average Bonchev–Trinajstić information content (AvgIpc) is 2.89. The molecule has 0 aromatic heterocycles. The first-order valence-corrected chi connectivity index (χ1v) is 6.06. The molecule has 0 unspecified atom stereocenters. The van der Waals surface area contributed by atoms with Gasteiger partial charge in [-0.05, 0) is 12.8 Å². The molecule has 0 saturated heterocycles. The number of halogens is 2. The molecule has 92 valence electrons. The van der Waals surface area contributed by atoms with Crippen LogP contribution in [0.15, 0.2) is 6.07 Å². The Labute approximate surface area is 104 Å². The number of hydrogen-bond donors (Lipinski definition) is 1. The van der Waals surface area contributed by atoms with Crippen molar-refractivity contribution >= 4 is 11.6 Å². The number of hydrogen-bond acceptors (Lipinski definition) is 3. The summed E-state index contributed by atoms with van der Waals surface area (Å²) in [4.78, 5) is 0. The van der Waals surface area contributed by atoms with Crippen molar-refractivity contribution in [1.82, 2.24) is 0 Å². The number of rotatable bonds is 1. The second-order valence-electron chi connectivity index (χ2n) is 4.64. The van der Waals surface area contributed by atoms with Crippen molar-refractivity contribution in [2.45, 2.75) is 31.2 Å². The first kappa shape index (κ1) is 11.1. The van der Waals surface area contributed by atoms with E-state index in [0.717, 1.165) is 25.7 Å². The van der Waals surface area contributed by atoms with Crippen LogP contribution in [0.1, 0.15) is 31.2 Å². The number of benzene rings is 1. The van der Waals surface area contributed by atoms with Gasteiger partial charge in [0, 0.05) is 11.6 Å². The maximum absolute atomic E-state index is 14.2. The van der Waals surface area contributed by atoms with Gasteiger partial charge in [0.1, 0.15) is 0 Å². The second kappa shape index (κ2) is 3.75. The molecule has 0 spiro atoms. The topological polar surface area (TPSA) is 44.5 Å². The molecule has 0 bridgehead atoms. The largest absolute Gasteiger partial charge is 0.454 e. The Balaban J connectivity index is 2.21. The molecule has 0 atom stereocenters. The van der Waals surface area contributed by atoms with E-state index in [1.54, 1.807) is 0 Å². The quantitative estimate of drug-likeness (QED) is 0.841. The van der Waals surface area contributed by atoms with Gasteiger partial charge >= 0.3 is 0 Å². The summed E-state index contributed by atoms with van der Waals surface area (Å²) < 4.78 is 24.8. The predicted octanol–water partition coefficient (Wildman–Crippen LogP) is 2.94. The van der Waals surface area contributed by atoms with Crippen LogP contribution in [0.3, 0.4) is 0 Å². The molecule has 1 aromatic carbocycles. The molecule has 1 saturated carbocycles. The van der Waals surface area contributed by atoms with Gasteiger partial charge in [0.05, 0.1) is 10.6 Å². The molecule has 1 heterocycles. The lowest BCUT2D eigenvalue weighted by Crippen LogP contribution is -2.34. The molecule has 1 aliphatic carbocycles. The summed E-state index contributed by atoms with van der Waals surface area (Å²) in [6.07, 6.45) is 3.50. The monoisotopic (exact) mass is 257 g/mol. The smallest absolute Gasteiger partial charge is 0.231 e. The van der Waals surface area contributed by atoms with Crippen molar-refractivity contribution in [3.63, 3.8) is 0 Å². The van der Waals surface area contributed by atoms with E-state index in [9.17, 15) is 4.39 Å². The fraction of sp³-hybridized carbons (Fsp3) is 0.500. The molecular formula is C12H13ClFNO2. The minimum Gasteiger partial charge on any atom is -0.454 e. The zero-order valence-corrected chi connectivity index (χ0v) is 10.0. The van der Waals surface area contributed by atoms with E-state index < -0.39 is 11.4 Å². The van der Waals surface area contributed by atoms with Crippen LogP contribution in [-0.2, 0) is 5.54 Å². The Bertz CT molecular complexity index is 472. The molecular weight excluding hydrogens is 245 g/mol. The summed E-state index contributed by atoms with van der Waals surface area (Å²) in [5, 5.41) is 0.0426. The van der Waals surface area contributed by atoms with Crippen molar-refractivity contribution in [2.24, 2.45) is 5.73 Å². The van der Waals surface area contributed by atoms with E-state index in [1.165, 1.54) is 6.07 Å². The molecule has 1 aromatic rings. The minimum absolute atomic E-state index is 0.0426. The zero-order valence-electron chi connectivity index (χ0n) is 9.26. The molecule has 17 heavy (non-hydrogen) atoms. The van der Waals surface area contributed by atoms with Crippen LogP contribution in [0.5, 0.6) is 11.5 Å². The van der Waals surface area contributed by atoms with Crippen LogP contribution >= 0.6 is 11.6 Å². The third kappa shape index (κ3) is 1.58. The summed E-state index contributed by atoms with van der Waals surface area (Å²) in [6.45, 7) is 0.0954. The van der Waals surface area contributed by atoms with Crippen molar-refractivity contribution < 1.29 is 13.9 Å². The van der Waals surface area contributed by atoms with Crippen LogP contribution in [0, 0.1) is 5.82 Å². The maximum Gasteiger partial charge on any atom is 0.231 e. The molecule has 0 radical (unpaired) electrons. The van der Waals surface area contributed by atoms with Gasteiger partial charge in [-0.2, -0.15) is 0 Å². The molecule has 1 fully saturated rings. The Hall–Kier alpha value is -1.00. The van der Waals surface area contributed by atoms with Gasteiger partial charge in [0.15, 0.2) is 17.3 Å². The molecule has 3 rings (SSSR count). The van der Waals surface area contributed by atoms with Gasteiger partial charge in [-0.25, -0.2) is 4.39 Å². The van der Waals surface area contributed by atoms with E-state index >= 15 is 0 Å². The summed E-state index contributed by atoms with van der Waals surface area (Å²) in [5.41, 5.74) is 6.00. The van der Waals surface area contributed by atoms with Crippen molar-refractivity contribution in [2.75, 3.05) is 6.79 Å². The summed E-state index contributed by atoms with van der Waals surface area (Å²) >= 11 is 5.87. The maximum atomic E-state index is 14.2. The molecule has 2 N–H and O–H groups in total. The molecule has 0 amide bonds. The highest BCUT2D eigenvalue weighted by atomic mass is 35.5. The first-order chi connectivity index (χ1) is 8.12. The highest BCUT2D eigenvalue weighted by molar-refractivity contribution is 6.31. The standard InChI is InChI=1S/C12H13ClFNO2/c13-7-5-8-11(17-6-16-8)9(10(7)14)12(15)3-1-2-4-12/h5H,1-4,6,15H2. The highest BCUT2D eigenvalue weighted by Crippen LogP contribution is 2.49. The van der Waals surface area contributed by atoms with Crippen molar-refractivity contribution in [3.05, 3.63) is 22.5 Å². The third-order valence-electron chi connectivity index (χ3n) is 3.55. The van der Waals surface area contributed by atoms with E-state index in [4.69, 9.17) is 26.8 Å². The molecule has 5 heteroatoms. The van der Waals surface area contributed by atoms with Crippen molar-refractivity contribution in [1.29, 1.82) is 0 Å². The summed E-state index contributed by atoms with van der Waals surface area (Å²) in [5.74, 6) is 0.444. The van der Waals surface area contributed by atoms with Gasteiger partial charge in [-0.15, -0.1) is 0 Å². The first-order valence-electron chi connectivity index (χ1n) is 5.69. The Morgan fingerprint density at radius 1 is 1.29 bits per heavy atom. The van der Waals surface area contributed by atoms with E-state index in [1.807, 2.05) is 0 Å². The fourth-order valence-corrected chi connectivity index (χ4v) is 2.88. The lowest BCUT2D eigenvalue weighted by molar-refractivity contribution is 0.171. The zero-order chi connectivity index (χ0) is 12.0. The molecule has 3 nitrogen and oxygen atoms in total. The highest BCUT2D eigenvalue weighted by Gasteiger charge is 2.40. The van der Waals surface area contributed by atoms with Crippen LogP contribution in [-0.4, -0.2) is 6.79 Å². The van der Waals surface area contributed by atoms with Crippen LogP contribution in [0.4, 0.5) is 4.39 Å². The number of nitrogens with two attached hydrogens (primary N) is 1. The van der Waals surface area contributed by atoms with Gasteiger partial charge < -0.3 is 15.2 Å².